The lowest BCUT2D eigenvalue weighted by molar-refractivity contribution is 0.0653. The van der Waals surface area contributed by atoms with Crippen molar-refractivity contribution >= 4 is 11.6 Å². The third-order valence-corrected chi connectivity index (χ3v) is 4.59. The Balaban J connectivity index is 1.84. The lowest BCUT2D eigenvalue weighted by atomic mass is 10.1. The molecule has 0 aromatic heterocycles. The summed E-state index contributed by atoms with van der Waals surface area (Å²) < 4.78 is 14.1. The summed E-state index contributed by atoms with van der Waals surface area (Å²) in [5.74, 6) is 0.294. The lowest BCUT2D eigenvalue weighted by Crippen LogP contribution is -2.41. The number of carbonyl (C=O) groups is 1. The molecule has 0 spiro atoms. The minimum absolute atomic E-state index is 0.0129. The van der Waals surface area contributed by atoms with Gasteiger partial charge in [-0.2, -0.15) is 0 Å². The summed E-state index contributed by atoms with van der Waals surface area (Å²) in [4.78, 5) is 16.5. The van der Waals surface area contributed by atoms with Crippen LogP contribution in [0.1, 0.15) is 43.0 Å². The van der Waals surface area contributed by atoms with Crippen LogP contribution < -0.4 is 4.90 Å². The number of rotatable bonds is 5. The molecule has 1 amide bonds. The smallest absolute Gasteiger partial charge is 0.254 e. The van der Waals surface area contributed by atoms with Crippen molar-refractivity contribution in [1.29, 1.82) is 0 Å². The van der Waals surface area contributed by atoms with Crippen LogP contribution in [-0.2, 0) is 0 Å². The average Bonchev–Trinajstić information content (AvgIpc) is 3.29. The highest BCUT2D eigenvalue weighted by molar-refractivity contribution is 5.95. The number of hydrogen-bond acceptors (Lipinski definition) is 2. The average molecular weight is 290 g/mol. The Labute approximate surface area is 125 Å². The quantitative estimate of drug-likeness (QED) is 0.830. The Morgan fingerprint density at radius 3 is 2.38 bits per heavy atom. The Morgan fingerprint density at radius 2 is 1.90 bits per heavy atom. The van der Waals surface area contributed by atoms with Gasteiger partial charge in [0, 0.05) is 31.7 Å². The van der Waals surface area contributed by atoms with Gasteiger partial charge >= 0.3 is 0 Å². The van der Waals surface area contributed by atoms with Gasteiger partial charge in [0.2, 0.25) is 0 Å². The Morgan fingerprint density at radius 1 is 1.24 bits per heavy atom. The highest BCUT2D eigenvalue weighted by Crippen LogP contribution is 2.40. The van der Waals surface area contributed by atoms with Crippen molar-refractivity contribution in [3.8, 4) is 0 Å². The number of carbonyl (C=O) groups excluding carboxylic acids is 1. The number of nitrogens with zero attached hydrogens (tertiary/aromatic N) is 2. The highest BCUT2D eigenvalue weighted by Gasteiger charge is 2.41. The van der Waals surface area contributed by atoms with Crippen molar-refractivity contribution in [3.05, 3.63) is 29.6 Å². The number of hydrogen-bond donors (Lipinski definition) is 0. The molecule has 21 heavy (non-hydrogen) atoms. The first-order valence-electron chi connectivity index (χ1n) is 7.78. The van der Waals surface area contributed by atoms with E-state index in [2.05, 4.69) is 6.92 Å². The predicted molar refractivity (Wildman–Crippen MR) is 82.1 cm³/mol. The zero-order valence-corrected chi connectivity index (χ0v) is 13.0. The first-order valence-corrected chi connectivity index (χ1v) is 7.78. The summed E-state index contributed by atoms with van der Waals surface area (Å²) >= 11 is 0. The summed E-state index contributed by atoms with van der Waals surface area (Å²) in [7, 11) is 3.59. The largest absolute Gasteiger partial charge is 0.375 e. The molecule has 0 bridgehead atoms. The second kappa shape index (κ2) is 5.32. The van der Waals surface area contributed by atoms with Gasteiger partial charge in [-0.05, 0) is 56.7 Å². The lowest BCUT2D eigenvalue weighted by Gasteiger charge is -2.30. The molecule has 0 N–H and O–H groups in total. The Bertz CT molecular complexity index is 550. The molecule has 1 aromatic carbocycles. The minimum Gasteiger partial charge on any atom is -0.375 e. The Hall–Kier alpha value is -1.58. The maximum atomic E-state index is 14.1. The van der Waals surface area contributed by atoms with Crippen LogP contribution >= 0.6 is 0 Å². The predicted octanol–water partition coefficient (Wildman–Crippen LogP) is 3.29. The molecule has 2 fully saturated rings. The minimum atomic E-state index is -0.333. The van der Waals surface area contributed by atoms with Crippen LogP contribution in [0.25, 0.3) is 0 Å². The SMILES string of the molecule is CC(C1CC1)N(C(=O)c1ccc(N(C)C)c(F)c1)C1CC1. The summed E-state index contributed by atoms with van der Waals surface area (Å²) in [5, 5.41) is 0. The monoisotopic (exact) mass is 290 g/mol. The summed E-state index contributed by atoms with van der Waals surface area (Å²) in [6.45, 7) is 2.14. The van der Waals surface area contributed by atoms with Crippen molar-refractivity contribution in [2.75, 3.05) is 19.0 Å². The molecule has 1 atom stereocenters. The summed E-state index contributed by atoms with van der Waals surface area (Å²) in [6, 6.07) is 5.46. The third kappa shape index (κ3) is 2.89. The van der Waals surface area contributed by atoms with E-state index in [1.54, 1.807) is 31.1 Å². The molecular weight excluding hydrogens is 267 g/mol. The van der Waals surface area contributed by atoms with Crippen molar-refractivity contribution in [2.45, 2.75) is 44.7 Å². The molecule has 2 saturated carbocycles. The van der Waals surface area contributed by atoms with E-state index < -0.39 is 0 Å². The van der Waals surface area contributed by atoms with Gasteiger partial charge in [-0.15, -0.1) is 0 Å². The van der Waals surface area contributed by atoms with E-state index in [1.165, 1.54) is 18.9 Å². The van der Waals surface area contributed by atoms with Crippen LogP contribution in [0.3, 0.4) is 0 Å². The van der Waals surface area contributed by atoms with Crippen LogP contribution in [0.2, 0.25) is 0 Å². The van der Waals surface area contributed by atoms with Crippen LogP contribution in [0.5, 0.6) is 0 Å². The maximum Gasteiger partial charge on any atom is 0.254 e. The van der Waals surface area contributed by atoms with Gasteiger partial charge in [-0.1, -0.05) is 0 Å². The molecule has 2 aliphatic carbocycles. The second-order valence-electron chi connectivity index (χ2n) is 6.58. The van der Waals surface area contributed by atoms with Crippen LogP contribution in [-0.4, -0.2) is 37.0 Å². The van der Waals surface area contributed by atoms with Crippen molar-refractivity contribution in [1.82, 2.24) is 4.90 Å². The van der Waals surface area contributed by atoms with E-state index in [1.807, 2.05) is 4.90 Å². The van der Waals surface area contributed by atoms with Gasteiger partial charge in [-0.25, -0.2) is 4.39 Å². The van der Waals surface area contributed by atoms with E-state index in [9.17, 15) is 9.18 Å². The van der Waals surface area contributed by atoms with E-state index in [0.717, 1.165) is 12.8 Å². The molecule has 114 valence electrons. The van der Waals surface area contributed by atoms with Crippen molar-refractivity contribution < 1.29 is 9.18 Å². The van der Waals surface area contributed by atoms with E-state index in [-0.39, 0.29) is 17.8 Å². The van der Waals surface area contributed by atoms with E-state index in [4.69, 9.17) is 0 Å². The number of amides is 1. The normalized spacial score (nSPS) is 19.2. The number of benzene rings is 1. The van der Waals surface area contributed by atoms with Crippen molar-refractivity contribution in [3.63, 3.8) is 0 Å². The third-order valence-electron chi connectivity index (χ3n) is 4.59. The van der Waals surface area contributed by atoms with E-state index in [0.29, 0.717) is 23.2 Å². The molecule has 1 unspecified atom stereocenters. The molecule has 0 heterocycles. The van der Waals surface area contributed by atoms with E-state index >= 15 is 0 Å². The first-order chi connectivity index (χ1) is 9.99. The molecular formula is C17H23FN2O. The zero-order valence-electron chi connectivity index (χ0n) is 13.0. The molecule has 0 radical (unpaired) electrons. The van der Waals surface area contributed by atoms with Crippen LogP contribution in [0, 0.1) is 11.7 Å². The zero-order chi connectivity index (χ0) is 15.1. The van der Waals surface area contributed by atoms with Crippen LogP contribution in [0.4, 0.5) is 10.1 Å². The van der Waals surface area contributed by atoms with Gasteiger partial charge in [-0.3, -0.25) is 4.79 Å². The van der Waals surface area contributed by atoms with Crippen molar-refractivity contribution in [2.24, 2.45) is 5.92 Å². The summed E-state index contributed by atoms with van der Waals surface area (Å²) in [6.07, 6.45) is 4.60. The molecule has 0 saturated heterocycles. The second-order valence-corrected chi connectivity index (χ2v) is 6.58. The number of anilines is 1. The Kier molecular flexibility index (Phi) is 3.64. The maximum absolute atomic E-state index is 14.1. The molecule has 0 aliphatic heterocycles. The first kappa shape index (κ1) is 14.4. The van der Waals surface area contributed by atoms with Crippen LogP contribution in [0.15, 0.2) is 18.2 Å². The highest BCUT2D eigenvalue weighted by atomic mass is 19.1. The van der Waals surface area contributed by atoms with Gasteiger partial charge in [0.25, 0.3) is 5.91 Å². The fourth-order valence-corrected chi connectivity index (χ4v) is 2.99. The molecule has 3 rings (SSSR count). The fraction of sp³-hybridized carbons (Fsp3) is 0.588. The van der Waals surface area contributed by atoms with Gasteiger partial charge in [0.1, 0.15) is 5.82 Å². The standard InChI is InChI=1S/C17H23FN2O/c1-11(12-4-5-12)20(14-7-8-14)17(21)13-6-9-16(19(2)3)15(18)10-13/h6,9-12,14H,4-5,7-8H2,1-3H3. The topological polar surface area (TPSA) is 23.6 Å². The van der Waals surface area contributed by atoms with Gasteiger partial charge in [0.15, 0.2) is 0 Å². The number of halogens is 1. The molecule has 2 aliphatic rings. The molecule has 1 aromatic rings. The fourth-order valence-electron chi connectivity index (χ4n) is 2.99. The van der Waals surface area contributed by atoms with Gasteiger partial charge < -0.3 is 9.80 Å². The van der Waals surface area contributed by atoms with Gasteiger partial charge in [0.05, 0.1) is 5.69 Å². The molecule has 3 nitrogen and oxygen atoms in total. The summed E-state index contributed by atoms with van der Waals surface area (Å²) in [5.41, 5.74) is 0.984. The molecule has 4 heteroatoms.